The zero-order valence-electron chi connectivity index (χ0n) is 17.8. The van der Waals surface area contributed by atoms with Crippen molar-refractivity contribution in [1.29, 1.82) is 10.8 Å². The monoisotopic (exact) mass is 400 g/mol. The maximum atomic E-state index is 12.5. The Morgan fingerprint density at radius 3 is 2.61 bits per heavy atom. The van der Waals surface area contributed by atoms with E-state index < -0.39 is 0 Å². The molecule has 0 radical (unpaired) electrons. The van der Waals surface area contributed by atoms with Gasteiger partial charge >= 0.3 is 0 Å². The molecule has 152 valence electrons. The Hall–Kier alpha value is -1.95. The maximum Gasteiger partial charge on any atom is 0.227 e. The van der Waals surface area contributed by atoms with Crippen LogP contribution >= 0.6 is 11.3 Å². The van der Waals surface area contributed by atoms with Crippen molar-refractivity contribution in [3.05, 3.63) is 17.8 Å². The Bertz CT molecular complexity index is 897. The summed E-state index contributed by atoms with van der Waals surface area (Å²) < 4.78 is 1.05. The van der Waals surface area contributed by atoms with Gasteiger partial charge in [0, 0.05) is 25.1 Å². The van der Waals surface area contributed by atoms with E-state index in [1.165, 1.54) is 0 Å². The molecule has 5 nitrogen and oxygen atoms in total. The molecule has 6 heteroatoms. The van der Waals surface area contributed by atoms with E-state index in [1.807, 2.05) is 19.2 Å². The van der Waals surface area contributed by atoms with Crippen LogP contribution in [0.5, 0.6) is 0 Å². The fraction of sp³-hybridized carbons (Fsp3) is 0.591. The first kappa shape index (κ1) is 20.8. The minimum Gasteiger partial charge on any atom is -0.353 e. The summed E-state index contributed by atoms with van der Waals surface area (Å²) in [6.07, 6.45) is 3.18. The number of carbonyl (C=O) groups excluding carboxylic acids is 1. The Labute approximate surface area is 171 Å². The van der Waals surface area contributed by atoms with Gasteiger partial charge in [0.15, 0.2) is 0 Å². The van der Waals surface area contributed by atoms with E-state index in [2.05, 4.69) is 39.6 Å². The highest BCUT2D eigenvalue weighted by molar-refractivity contribution is 7.23. The number of hydrogen-bond acceptors (Lipinski definition) is 4. The van der Waals surface area contributed by atoms with Gasteiger partial charge in [-0.25, -0.2) is 0 Å². The van der Waals surface area contributed by atoms with Gasteiger partial charge in [0.2, 0.25) is 5.91 Å². The number of fused-ring (bicyclic) bond motifs is 1. The Morgan fingerprint density at radius 2 is 2.04 bits per heavy atom. The molecule has 0 spiro atoms. The number of nitrogens with zero attached hydrogens (tertiary/aromatic N) is 1. The summed E-state index contributed by atoms with van der Waals surface area (Å²) in [5.74, 6) is 0.0268. The number of anilines is 1. The summed E-state index contributed by atoms with van der Waals surface area (Å²) in [6, 6.07) is 3.99. The molecule has 1 fully saturated rings. The topological polar surface area (TPSA) is 83.8 Å². The Morgan fingerprint density at radius 1 is 1.36 bits per heavy atom. The smallest absolute Gasteiger partial charge is 0.227 e. The molecule has 1 atom stereocenters. The minimum atomic E-state index is -0.0868. The molecule has 1 saturated carbocycles. The molecule has 0 aliphatic heterocycles. The molecule has 1 aliphatic carbocycles. The fourth-order valence-corrected chi connectivity index (χ4v) is 4.89. The van der Waals surface area contributed by atoms with Gasteiger partial charge in [-0.3, -0.25) is 4.79 Å². The first-order chi connectivity index (χ1) is 12.9. The summed E-state index contributed by atoms with van der Waals surface area (Å²) in [5.41, 5.74) is 3.08. The largest absolute Gasteiger partial charge is 0.353 e. The van der Waals surface area contributed by atoms with E-state index in [9.17, 15) is 4.79 Å². The third-order valence-electron chi connectivity index (χ3n) is 5.52. The van der Waals surface area contributed by atoms with Crippen LogP contribution in [-0.2, 0) is 4.79 Å². The van der Waals surface area contributed by atoms with Crippen molar-refractivity contribution < 1.29 is 4.79 Å². The highest BCUT2D eigenvalue weighted by Crippen LogP contribution is 2.38. The number of carbonyl (C=O) groups is 1. The average Bonchev–Trinajstić information content (AvgIpc) is 3.09. The van der Waals surface area contributed by atoms with Gasteiger partial charge in [0.05, 0.1) is 26.6 Å². The van der Waals surface area contributed by atoms with E-state index in [0.29, 0.717) is 17.8 Å². The first-order valence-corrected chi connectivity index (χ1v) is 10.7. The first-order valence-electron chi connectivity index (χ1n) is 9.91. The standard InChI is InChI=1S/C22H32N4OS/c1-21(2,3)12-18(27)26(6)19-10-15-17(28-19)9-16(25-15)20(24)13-7-8-22(4,5)11-14(13)23/h9-10,13,23-25H,7-8,11-12H2,1-6H3. The molecule has 0 aromatic carbocycles. The highest BCUT2D eigenvalue weighted by Gasteiger charge is 2.34. The van der Waals surface area contributed by atoms with Crippen LogP contribution in [0, 0.1) is 27.6 Å². The molecule has 28 heavy (non-hydrogen) atoms. The Balaban J connectivity index is 1.76. The normalized spacial score (nSPS) is 19.8. The maximum absolute atomic E-state index is 12.5. The predicted molar refractivity (Wildman–Crippen MR) is 119 cm³/mol. The number of rotatable bonds is 4. The summed E-state index contributed by atoms with van der Waals surface area (Å²) >= 11 is 1.57. The van der Waals surface area contributed by atoms with Crippen LogP contribution in [0.15, 0.2) is 12.1 Å². The molecule has 2 aromatic rings. The van der Waals surface area contributed by atoms with Crippen molar-refractivity contribution in [1.82, 2.24) is 4.98 Å². The molecule has 0 bridgehead atoms. The van der Waals surface area contributed by atoms with Crippen molar-refractivity contribution in [2.45, 2.75) is 60.3 Å². The Kier molecular flexibility index (Phi) is 5.30. The van der Waals surface area contributed by atoms with Crippen molar-refractivity contribution in [3.63, 3.8) is 0 Å². The molecule has 2 aromatic heterocycles. The van der Waals surface area contributed by atoms with Gasteiger partial charge in [-0.15, -0.1) is 11.3 Å². The fourth-order valence-electron chi connectivity index (χ4n) is 3.86. The van der Waals surface area contributed by atoms with Crippen LogP contribution in [0.1, 0.15) is 66.0 Å². The summed E-state index contributed by atoms with van der Waals surface area (Å²) in [7, 11) is 1.83. The van der Waals surface area contributed by atoms with Gasteiger partial charge in [-0.05, 0) is 42.2 Å². The second kappa shape index (κ2) is 7.14. The lowest BCUT2D eigenvalue weighted by Crippen LogP contribution is -2.34. The number of H-pyrrole nitrogens is 1. The number of amides is 1. The number of thiophene rings is 1. The molecule has 3 rings (SSSR count). The lowest BCUT2D eigenvalue weighted by atomic mass is 9.70. The number of hydrogen-bond donors (Lipinski definition) is 3. The van der Waals surface area contributed by atoms with Crippen LogP contribution in [0.25, 0.3) is 10.2 Å². The minimum absolute atomic E-state index is 0.0369. The number of aromatic nitrogens is 1. The van der Waals surface area contributed by atoms with E-state index in [1.54, 1.807) is 16.2 Å². The SMILES string of the molecule is CN(C(=O)CC(C)(C)C)c1cc2[nH]c(C(=N)C3CCC(C)(C)CC3=N)cc2s1. The molecule has 2 heterocycles. The number of aromatic amines is 1. The zero-order chi connectivity index (χ0) is 20.9. The molecular weight excluding hydrogens is 368 g/mol. The quantitative estimate of drug-likeness (QED) is 0.553. The molecule has 0 saturated heterocycles. The van der Waals surface area contributed by atoms with E-state index in [0.717, 1.165) is 40.2 Å². The van der Waals surface area contributed by atoms with Crippen LogP contribution < -0.4 is 4.90 Å². The summed E-state index contributed by atoms with van der Waals surface area (Å²) in [6.45, 7) is 10.6. The van der Waals surface area contributed by atoms with Crippen molar-refractivity contribution in [2.24, 2.45) is 16.7 Å². The van der Waals surface area contributed by atoms with Crippen molar-refractivity contribution >= 4 is 43.9 Å². The van der Waals surface area contributed by atoms with E-state index >= 15 is 0 Å². The third kappa shape index (κ3) is 4.37. The van der Waals surface area contributed by atoms with Crippen LogP contribution in [-0.4, -0.2) is 29.4 Å². The van der Waals surface area contributed by atoms with Crippen LogP contribution in [0.2, 0.25) is 0 Å². The zero-order valence-corrected chi connectivity index (χ0v) is 18.6. The number of nitrogens with one attached hydrogen (secondary N) is 3. The predicted octanol–water partition coefficient (Wildman–Crippen LogP) is 5.84. The second-order valence-electron chi connectivity index (χ2n) is 10.1. The van der Waals surface area contributed by atoms with E-state index in [4.69, 9.17) is 10.8 Å². The van der Waals surface area contributed by atoms with Gasteiger partial charge in [0.25, 0.3) is 0 Å². The van der Waals surface area contributed by atoms with Crippen molar-refractivity contribution in [2.75, 3.05) is 11.9 Å². The lowest BCUT2D eigenvalue weighted by Gasteiger charge is -2.35. The molecule has 1 aliphatic rings. The summed E-state index contributed by atoms with van der Waals surface area (Å²) in [5, 5.41) is 17.9. The molecule has 1 unspecified atom stereocenters. The molecular formula is C22H32N4OS. The average molecular weight is 401 g/mol. The van der Waals surface area contributed by atoms with Crippen molar-refractivity contribution in [3.8, 4) is 0 Å². The molecule has 1 amide bonds. The van der Waals surface area contributed by atoms with Gasteiger partial charge in [0.1, 0.15) is 0 Å². The van der Waals surface area contributed by atoms with Crippen LogP contribution in [0.3, 0.4) is 0 Å². The van der Waals surface area contributed by atoms with Crippen LogP contribution in [0.4, 0.5) is 5.00 Å². The van der Waals surface area contributed by atoms with Gasteiger partial charge in [-0.1, -0.05) is 34.6 Å². The molecule has 3 N–H and O–H groups in total. The second-order valence-corrected chi connectivity index (χ2v) is 11.2. The van der Waals surface area contributed by atoms with E-state index in [-0.39, 0.29) is 22.7 Å². The van der Waals surface area contributed by atoms with Gasteiger partial charge < -0.3 is 20.7 Å². The van der Waals surface area contributed by atoms with Gasteiger partial charge in [-0.2, -0.15) is 0 Å². The summed E-state index contributed by atoms with van der Waals surface area (Å²) in [4.78, 5) is 17.6. The lowest BCUT2D eigenvalue weighted by molar-refractivity contribution is -0.119. The highest BCUT2D eigenvalue weighted by atomic mass is 32.1. The third-order valence-corrected chi connectivity index (χ3v) is 6.68.